The summed E-state index contributed by atoms with van der Waals surface area (Å²) in [6.45, 7) is 3.13. The van der Waals surface area contributed by atoms with Crippen molar-refractivity contribution in [3.63, 3.8) is 0 Å². The molecule has 1 heterocycles. The number of hydrogen-bond donors (Lipinski definition) is 1. The smallest absolute Gasteiger partial charge is 0.113 e. The first kappa shape index (κ1) is 11.5. The van der Waals surface area contributed by atoms with Crippen molar-refractivity contribution in [3.8, 4) is 0 Å². The van der Waals surface area contributed by atoms with Gasteiger partial charge in [0.1, 0.15) is 5.82 Å². The lowest BCUT2D eigenvalue weighted by Gasteiger charge is -2.10. The maximum Gasteiger partial charge on any atom is 0.113 e. The van der Waals surface area contributed by atoms with Crippen molar-refractivity contribution < 1.29 is 0 Å². The van der Waals surface area contributed by atoms with Crippen molar-refractivity contribution in [1.29, 1.82) is 0 Å². The minimum absolute atomic E-state index is 0.228. The van der Waals surface area contributed by atoms with Crippen molar-refractivity contribution in [3.05, 3.63) is 53.1 Å². The molecule has 0 amide bonds. The summed E-state index contributed by atoms with van der Waals surface area (Å²) in [6, 6.07) is 6.73. The maximum atomic E-state index is 6.12. The molecule has 0 spiro atoms. The van der Waals surface area contributed by atoms with Crippen LogP contribution in [-0.4, -0.2) is 9.55 Å². The van der Waals surface area contributed by atoms with Crippen LogP contribution in [0.1, 0.15) is 41.9 Å². The Bertz CT molecular complexity index is 557. The first-order chi connectivity index (χ1) is 8.79. The molecule has 3 rings (SSSR count). The second kappa shape index (κ2) is 4.58. The van der Waals surface area contributed by atoms with Gasteiger partial charge in [0.2, 0.25) is 0 Å². The third-order valence-corrected chi connectivity index (χ3v) is 3.91. The summed E-state index contributed by atoms with van der Waals surface area (Å²) in [6.07, 6.45) is 7.03. The van der Waals surface area contributed by atoms with Gasteiger partial charge in [-0.15, -0.1) is 0 Å². The molecule has 0 saturated carbocycles. The Morgan fingerprint density at radius 3 is 3.17 bits per heavy atom. The molecule has 18 heavy (non-hydrogen) atoms. The van der Waals surface area contributed by atoms with Gasteiger partial charge in [-0.1, -0.05) is 18.2 Å². The molecule has 2 aromatic rings. The molecule has 2 N–H and O–H groups in total. The minimum Gasteiger partial charge on any atom is -0.335 e. The number of hydrogen-bond acceptors (Lipinski definition) is 2. The molecule has 0 aliphatic heterocycles. The minimum atomic E-state index is 0.228. The van der Waals surface area contributed by atoms with Crippen LogP contribution in [0.5, 0.6) is 0 Å². The number of imidazole rings is 1. The normalized spacial score (nSPS) is 18.0. The monoisotopic (exact) mass is 241 g/mol. The van der Waals surface area contributed by atoms with Crippen LogP contribution in [0.25, 0.3) is 0 Å². The average molecular weight is 241 g/mol. The Hall–Kier alpha value is -1.61. The molecular formula is C15H19N3. The Balaban J connectivity index is 1.95. The van der Waals surface area contributed by atoms with Gasteiger partial charge in [0.15, 0.2) is 0 Å². The number of benzene rings is 1. The highest BCUT2D eigenvalue weighted by molar-refractivity contribution is 5.41. The predicted molar refractivity (Wildman–Crippen MR) is 72.4 cm³/mol. The van der Waals surface area contributed by atoms with Crippen molar-refractivity contribution >= 4 is 0 Å². The number of nitrogens with zero attached hydrogens (tertiary/aromatic N) is 2. The van der Waals surface area contributed by atoms with Crippen LogP contribution in [0.4, 0.5) is 0 Å². The van der Waals surface area contributed by atoms with Crippen LogP contribution in [0, 0.1) is 0 Å². The number of aromatic nitrogens is 2. The standard InChI is InChI=1S/C15H19N3/c1-2-18-9-8-17-15(18)10-11-4-3-5-13-12(11)6-7-14(13)16/h3-5,8-9,14H,2,6-7,10,16H2,1H3. The largest absolute Gasteiger partial charge is 0.335 e. The lowest BCUT2D eigenvalue weighted by molar-refractivity contribution is 0.708. The molecule has 0 saturated heterocycles. The zero-order valence-corrected chi connectivity index (χ0v) is 10.8. The van der Waals surface area contributed by atoms with Crippen LogP contribution in [0.15, 0.2) is 30.6 Å². The Labute approximate surface area is 108 Å². The Morgan fingerprint density at radius 1 is 1.44 bits per heavy atom. The van der Waals surface area contributed by atoms with E-state index in [-0.39, 0.29) is 6.04 Å². The van der Waals surface area contributed by atoms with E-state index >= 15 is 0 Å². The molecule has 0 radical (unpaired) electrons. The molecule has 94 valence electrons. The van der Waals surface area contributed by atoms with Gasteiger partial charge in [-0.3, -0.25) is 0 Å². The van der Waals surface area contributed by atoms with Gasteiger partial charge in [-0.2, -0.15) is 0 Å². The molecule has 1 aromatic carbocycles. The van der Waals surface area contributed by atoms with Gasteiger partial charge in [-0.25, -0.2) is 4.98 Å². The van der Waals surface area contributed by atoms with E-state index < -0.39 is 0 Å². The van der Waals surface area contributed by atoms with Gasteiger partial charge >= 0.3 is 0 Å². The van der Waals surface area contributed by atoms with Crippen LogP contribution in [-0.2, 0) is 19.4 Å². The molecule has 1 unspecified atom stereocenters. The molecule has 0 bridgehead atoms. The maximum absolute atomic E-state index is 6.12. The molecule has 1 aliphatic rings. The van der Waals surface area contributed by atoms with Gasteiger partial charge in [0.25, 0.3) is 0 Å². The quantitative estimate of drug-likeness (QED) is 0.897. The lowest BCUT2D eigenvalue weighted by atomic mass is 10.00. The topological polar surface area (TPSA) is 43.8 Å². The van der Waals surface area contributed by atoms with Crippen LogP contribution in [0.3, 0.4) is 0 Å². The summed E-state index contributed by atoms with van der Waals surface area (Å²) >= 11 is 0. The summed E-state index contributed by atoms with van der Waals surface area (Å²) in [4.78, 5) is 4.46. The van der Waals surface area contributed by atoms with E-state index in [0.717, 1.165) is 31.6 Å². The molecule has 1 aromatic heterocycles. The third-order valence-electron chi connectivity index (χ3n) is 3.91. The summed E-state index contributed by atoms with van der Waals surface area (Å²) in [7, 11) is 0. The fourth-order valence-corrected chi connectivity index (χ4v) is 2.89. The van der Waals surface area contributed by atoms with E-state index in [4.69, 9.17) is 5.73 Å². The van der Waals surface area contributed by atoms with E-state index in [9.17, 15) is 0 Å². The van der Waals surface area contributed by atoms with Gasteiger partial charge in [-0.05, 0) is 36.5 Å². The van der Waals surface area contributed by atoms with E-state index in [1.54, 1.807) is 0 Å². The molecule has 0 fully saturated rings. The number of fused-ring (bicyclic) bond motifs is 1. The molecular weight excluding hydrogens is 222 g/mol. The predicted octanol–water partition coefficient (Wildman–Crippen LogP) is 2.44. The summed E-state index contributed by atoms with van der Waals surface area (Å²) < 4.78 is 2.20. The lowest BCUT2D eigenvalue weighted by Crippen LogP contribution is -2.06. The molecule has 1 atom stereocenters. The highest BCUT2D eigenvalue weighted by Gasteiger charge is 2.21. The van der Waals surface area contributed by atoms with Crippen molar-refractivity contribution in [1.82, 2.24) is 9.55 Å². The number of aryl methyl sites for hydroxylation is 1. The average Bonchev–Trinajstić information content (AvgIpc) is 2.98. The summed E-state index contributed by atoms with van der Waals surface area (Å²) in [5, 5.41) is 0. The van der Waals surface area contributed by atoms with Crippen molar-refractivity contribution in [2.45, 2.75) is 38.8 Å². The first-order valence-corrected chi connectivity index (χ1v) is 6.66. The zero-order valence-electron chi connectivity index (χ0n) is 10.8. The van der Waals surface area contributed by atoms with E-state index in [1.807, 2.05) is 12.4 Å². The van der Waals surface area contributed by atoms with Crippen molar-refractivity contribution in [2.24, 2.45) is 5.73 Å². The third kappa shape index (κ3) is 1.85. The molecule has 1 aliphatic carbocycles. The van der Waals surface area contributed by atoms with Gasteiger partial charge in [0, 0.05) is 31.4 Å². The molecule has 3 heteroatoms. The van der Waals surface area contributed by atoms with Gasteiger partial charge in [0.05, 0.1) is 0 Å². The summed E-state index contributed by atoms with van der Waals surface area (Å²) in [5.74, 6) is 1.14. The first-order valence-electron chi connectivity index (χ1n) is 6.66. The number of rotatable bonds is 3. The van der Waals surface area contributed by atoms with Crippen LogP contribution in [0.2, 0.25) is 0 Å². The second-order valence-electron chi connectivity index (χ2n) is 4.94. The van der Waals surface area contributed by atoms with Crippen LogP contribution >= 0.6 is 0 Å². The van der Waals surface area contributed by atoms with E-state index in [2.05, 4.69) is 34.7 Å². The Morgan fingerprint density at radius 2 is 2.33 bits per heavy atom. The van der Waals surface area contributed by atoms with Gasteiger partial charge < -0.3 is 10.3 Å². The highest BCUT2D eigenvalue weighted by atomic mass is 15.0. The fourth-order valence-electron chi connectivity index (χ4n) is 2.89. The number of nitrogens with two attached hydrogens (primary N) is 1. The molecule has 3 nitrogen and oxygen atoms in total. The van der Waals surface area contributed by atoms with Crippen LogP contribution < -0.4 is 5.73 Å². The SMILES string of the molecule is CCn1ccnc1Cc1cccc2c1CCC2N. The highest BCUT2D eigenvalue weighted by Crippen LogP contribution is 2.32. The summed E-state index contributed by atoms with van der Waals surface area (Å²) in [5.41, 5.74) is 10.3. The zero-order chi connectivity index (χ0) is 12.5. The van der Waals surface area contributed by atoms with E-state index in [0.29, 0.717) is 0 Å². The second-order valence-corrected chi connectivity index (χ2v) is 4.94. The Kier molecular flexibility index (Phi) is 2.92. The fraction of sp³-hybridized carbons (Fsp3) is 0.400. The van der Waals surface area contributed by atoms with Crippen molar-refractivity contribution in [2.75, 3.05) is 0 Å². The van der Waals surface area contributed by atoms with E-state index in [1.165, 1.54) is 16.7 Å².